The molecule has 3 aromatic heterocycles. The lowest BCUT2D eigenvalue weighted by atomic mass is 10.2. The number of anilines is 1. The van der Waals surface area contributed by atoms with Gasteiger partial charge in [-0.1, -0.05) is 6.58 Å². The molecule has 0 saturated carbocycles. The molecule has 7 nitrogen and oxygen atoms in total. The zero-order valence-corrected chi connectivity index (χ0v) is 20.0. The lowest BCUT2D eigenvalue weighted by molar-refractivity contribution is 0.299. The van der Waals surface area contributed by atoms with Crippen molar-refractivity contribution in [2.75, 3.05) is 38.7 Å². The van der Waals surface area contributed by atoms with Crippen molar-refractivity contribution in [1.82, 2.24) is 24.5 Å². The van der Waals surface area contributed by atoms with Gasteiger partial charge in [-0.25, -0.2) is 0 Å². The predicted octanol–water partition coefficient (Wildman–Crippen LogP) is 4.58. The highest BCUT2D eigenvalue weighted by Gasteiger charge is 2.24. The van der Waals surface area contributed by atoms with E-state index in [1.54, 1.807) is 11.8 Å². The number of fused-ring (bicyclic) bond motifs is 2. The van der Waals surface area contributed by atoms with Gasteiger partial charge in [-0.15, -0.1) is 10.2 Å². The molecule has 0 N–H and O–H groups in total. The summed E-state index contributed by atoms with van der Waals surface area (Å²) in [6, 6.07) is 13.1. The Balaban J connectivity index is 1.41. The fourth-order valence-electron chi connectivity index (χ4n) is 4.20. The highest BCUT2D eigenvalue weighted by Crippen LogP contribution is 2.31. The number of rotatable bonds is 7. The van der Waals surface area contributed by atoms with E-state index in [1.165, 1.54) is 12.1 Å². The Morgan fingerprint density at radius 1 is 1.21 bits per heavy atom. The van der Waals surface area contributed by atoms with Crippen LogP contribution in [0.25, 0.3) is 22.3 Å². The van der Waals surface area contributed by atoms with Crippen LogP contribution in [0.1, 0.15) is 18.9 Å². The van der Waals surface area contributed by atoms with E-state index in [9.17, 15) is 0 Å². The monoisotopic (exact) mass is 460 g/mol. The SMILES string of the molecule is C=C(OCC)c1ccc2nnc(Sc3ccc4ncc(N5CC[C@H](N(C)C)C5)cc4c3)n2c1. The van der Waals surface area contributed by atoms with Gasteiger partial charge in [0, 0.05) is 41.2 Å². The van der Waals surface area contributed by atoms with E-state index < -0.39 is 0 Å². The Hall–Kier alpha value is -3.10. The molecular formula is C25H28N6OS. The van der Waals surface area contributed by atoms with Crippen LogP contribution in [0.4, 0.5) is 5.69 Å². The van der Waals surface area contributed by atoms with E-state index >= 15 is 0 Å². The zero-order valence-electron chi connectivity index (χ0n) is 19.2. The first-order valence-electron chi connectivity index (χ1n) is 11.2. The van der Waals surface area contributed by atoms with E-state index in [-0.39, 0.29) is 0 Å². The van der Waals surface area contributed by atoms with Crippen LogP contribution in [0.2, 0.25) is 0 Å². The number of hydrogen-bond donors (Lipinski definition) is 0. The first kappa shape index (κ1) is 21.7. The molecule has 1 fully saturated rings. The number of likely N-dealkylation sites (N-methyl/N-ethyl adjacent to an activating group) is 1. The van der Waals surface area contributed by atoms with Crippen molar-refractivity contribution in [3.8, 4) is 0 Å². The van der Waals surface area contributed by atoms with Crippen molar-refractivity contribution in [3.05, 3.63) is 60.9 Å². The van der Waals surface area contributed by atoms with Gasteiger partial charge in [-0.3, -0.25) is 9.38 Å². The van der Waals surface area contributed by atoms with Gasteiger partial charge in [0.25, 0.3) is 0 Å². The molecule has 5 rings (SSSR count). The van der Waals surface area contributed by atoms with E-state index in [2.05, 4.69) is 64.9 Å². The lowest BCUT2D eigenvalue weighted by Crippen LogP contribution is -2.31. The van der Waals surface area contributed by atoms with Crippen molar-refractivity contribution in [3.63, 3.8) is 0 Å². The molecule has 4 aromatic rings. The van der Waals surface area contributed by atoms with Crippen LogP contribution in [-0.4, -0.2) is 64.3 Å². The van der Waals surface area contributed by atoms with Gasteiger partial charge in [0.2, 0.25) is 0 Å². The molecule has 0 aliphatic carbocycles. The maximum Gasteiger partial charge on any atom is 0.200 e. The minimum Gasteiger partial charge on any atom is -0.494 e. The van der Waals surface area contributed by atoms with Crippen LogP contribution in [0, 0.1) is 0 Å². The number of benzene rings is 1. The van der Waals surface area contributed by atoms with Crippen LogP contribution in [0.5, 0.6) is 0 Å². The van der Waals surface area contributed by atoms with Gasteiger partial charge in [0.1, 0.15) is 5.76 Å². The highest BCUT2D eigenvalue weighted by molar-refractivity contribution is 7.99. The van der Waals surface area contributed by atoms with E-state index in [1.807, 2.05) is 35.9 Å². The van der Waals surface area contributed by atoms with Crippen LogP contribution in [0.3, 0.4) is 0 Å². The van der Waals surface area contributed by atoms with Crippen LogP contribution in [0.15, 0.2) is 65.4 Å². The first-order chi connectivity index (χ1) is 16.0. The Morgan fingerprint density at radius 2 is 2.09 bits per heavy atom. The fourth-order valence-corrected chi connectivity index (χ4v) is 5.06. The molecule has 33 heavy (non-hydrogen) atoms. The van der Waals surface area contributed by atoms with Gasteiger partial charge in [-0.05, 0) is 75.6 Å². The van der Waals surface area contributed by atoms with Gasteiger partial charge in [-0.2, -0.15) is 0 Å². The quantitative estimate of drug-likeness (QED) is 0.374. The topological polar surface area (TPSA) is 58.8 Å². The van der Waals surface area contributed by atoms with Gasteiger partial charge in [0.05, 0.1) is 24.0 Å². The van der Waals surface area contributed by atoms with Crippen molar-refractivity contribution in [2.24, 2.45) is 0 Å². The molecule has 0 bridgehead atoms. The average Bonchev–Trinajstić information content (AvgIpc) is 3.46. The Kier molecular flexibility index (Phi) is 5.95. The summed E-state index contributed by atoms with van der Waals surface area (Å²) in [5.74, 6) is 0.645. The van der Waals surface area contributed by atoms with E-state index in [4.69, 9.17) is 9.72 Å². The largest absolute Gasteiger partial charge is 0.494 e. The van der Waals surface area contributed by atoms with Crippen molar-refractivity contribution < 1.29 is 4.74 Å². The fraction of sp³-hybridized carbons (Fsp3) is 0.320. The summed E-state index contributed by atoms with van der Waals surface area (Å²) >= 11 is 1.59. The number of aromatic nitrogens is 4. The van der Waals surface area contributed by atoms with E-state index in [0.29, 0.717) is 18.4 Å². The summed E-state index contributed by atoms with van der Waals surface area (Å²) in [5, 5.41) is 10.6. The highest BCUT2D eigenvalue weighted by atomic mass is 32.2. The van der Waals surface area contributed by atoms with Crippen molar-refractivity contribution in [2.45, 2.75) is 29.4 Å². The molecule has 0 unspecified atom stereocenters. The average molecular weight is 461 g/mol. The summed E-state index contributed by atoms with van der Waals surface area (Å²) < 4.78 is 7.54. The predicted molar refractivity (Wildman–Crippen MR) is 134 cm³/mol. The molecule has 8 heteroatoms. The van der Waals surface area contributed by atoms with Crippen LogP contribution in [-0.2, 0) is 4.74 Å². The van der Waals surface area contributed by atoms with Gasteiger partial charge < -0.3 is 14.5 Å². The molecule has 0 spiro atoms. The molecule has 1 aromatic carbocycles. The molecule has 0 amide bonds. The lowest BCUT2D eigenvalue weighted by Gasteiger charge is -2.21. The van der Waals surface area contributed by atoms with Crippen molar-refractivity contribution >= 4 is 39.8 Å². The summed E-state index contributed by atoms with van der Waals surface area (Å²) in [6.45, 7) is 8.65. The Morgan fingerprint density at radius 3 is 2.88 bits per heavy atom. The smallest absolute Gasteiger partial charge is 0.200 e. The molecule has 1 aliphatic rings. The molecule has 1 atom stereocenters. The van der Waals surface area contributed by atoms with E-state index in [0.717, 1.165) is 45.3 Å². The normalized spacial score (nSPS) is 16.2. The standard InChI is InChI=1S/C25H28N6OS/c1-5-32-17(2)18-6-9-24-27-28-25(31(24)15-18)33-22-7-8-23-19(13-22)12-21(14-26-23)30-11-10-20(16-30)29(3)4/h6-9,12-15,20H,2,5,10-11,16H2,1,3-4H3/t20-/m0/s1. The third-order valence-corrected chi connectivity index (χ3v) is 7.07. The molecule has 1 aliphatic heterocycles. The second-order valence-electron chi connectivity index (χ2n) is 8.49. The van der Waals surface area contributed by atoms with Gasteiger partial charge >= 0.3 is 0 Å². The summed E-state index contributed by atoms with van der Waals surface area (Å²) in [7, 11) is 4.31. The maximum atomic E-state index is 5.56. The Labute approximate surface area is 198 Å². The van der Waals surface area contributed by atoms with Crippen LogP contribution < -0.4 is 4.90 Å². The molecular weight excluding hydrogens is 432 g/mol. The number of pyridine rings is 2. The zero-order chi connectivity index (χ0) is 22.9. The summed E-state index contributed by atoms with van der Waals surface area (Å²) in [6.07, 6.45) is 5.15. The molecule has 1 saturated heterocycles. The summed E-state index contributed by atoms with van der Waals surface area (Å²) in [4.78, 5) is 10.5. The minimum absolute atomic E-state index is 0.584. The number of hydrogen-bond acceptors (Lipinski definition) is 7. The molecule has 4 heterocycles. The van der Waals surface area contributed by atoms with Gasteiger partial charge in [0.15, 0.2) is 10.8 Å². The molecule has 170 valence electrons. The first-order valence-corrected chi connectivity index (χ1v) is 12.0. The minimum atomic E-state index is 0.584. The number of nitrogens with zero attached hydrogens (tertiary/aromatic N) is 6. The Bertz CT molecular complexity index is 1320. The third kappa shape index (κ3) is 4.41. The molecule has 0 radical (unpaired) electrons. The van der Waals surface area contributed by atoms with Crippen LogP contribution >= 0.6 is 11.8 Å². The second kappa shape index (κ2) is 9.03. The number of ether oxygens (including phenoxy) is 1. The van der Waals surface area contributed by atoms with Crippen molar-refractivity contribution in [1.29, 1.82) is 0 Å². The summed E-state index contributed by atoms with van der Waals surface area (Å²) in [5.41, 5.74) is 3.88. The second-order valence-corrected chi connectivity index (χ2v) is 9.53. The third-order valence-electron chi connectivity index (χ3n) is 6.12. The maximum absolute atomic E-state index is 5.56.